The molecule has 0 bridgehead atoms. The van der Waals surface area contributed by atoms with E-state index in [9.17, 15) is 48.6 Å². The normalized spacial score (nSPS) is 13.7. The molecule has 5 atom stereocenters. The third kappa shape index (κ3) is 18.0. The first kappa shape index (κ1) is 48.4. The summed E-state index contributed by atoms with van der Waals surface area (Å²) in [4.78, 5) is 103. The van der Waals surface area contributed by atoms with Gasteiger partial charge in [0, 0.05) is 32.9 Å². The molecular weight excluding hydrogens is 771 g/mol. The summed E-state index contributed by atoms with van der Waals surface area (Å²) < 4.78 is 0. The Morgan fingerprint density at radius 1 is 0.724 bits per heavy atom. The van der Waals surface area contributed by atoms with Crippen LogP contribution < -0.4 is 21.3 Å². The van der Waals surface area contributed by atoms with Gasteiger partial charge >= 0.3 is 17.9 Å². The van der Waals surface area contributed by atoms with Gasteiger partial charge < -0.3 is 41.5 Å². The Balaban J connectivity index is 2.37. The number of hydrogen-bond donors (Lipinski definition) is 7. The number of aliphatic carboxylic acids is 3. The molecule has 0 aliphatic carbocycles. The van der Waals surface area contributed by atoms with Crippen LogP contribution in [-0.4, -0.2) is 117 Å². The van der Waals surface area contributed by atoms with Crippen molar-refractivity contribution >= 4 is 59.2 Å². The first-order valence-corrected chi connectivity index (χ1v) is 20.3. The van der Waals surface area contributed by atoms with Crippen molar-refractivity contribution in [3.63, 3.8) is 0 Å². The Bertz CT molecular complexity index is 1730. The minimum Gasteiger partial charge on any atom is -0.481 e. The number of amides is 5. The topological polar surface area (TPSA) is 249 Å². The molecule has 17 heteroatoms. The van der Waals surface area contributed by atoms with Gasteiger partial charge in [0.05, 0.1) is 18.8 Å². The van der Waals surface area contributed by atoms with E-state index in [-0.39, 0.29) is 31.7 Å². The zero-order chi connectivity index (χ0) is 43.2. The molecule has 0 fully saturated rings. The third-order valence-corrected chi connectivity index (χ3v) is 9.58. The molecule has 0 spiro atoms. The van der Waals surface area contributed by atoms with Gasteiger partial charge in [-0.3, -0.25) is 33.6 Å². The maximum Gasteiger partial charge on any atom is 0.326 e. The fraction of sp³-hybridized carbons (Fsp3) is 0.463. The monoisotopic (exact) mass is 825 g/mol. The number of carbonyl (C=O) groups excluding carboxylic acids is 5. The van der Waals surface area contributed by atoms with E-state index in [1.54, 1.807) is 72.8 Å². The quantitative estimate of drug-likeness (QED) is 0.0676. The smallest absolute Gasteiger partial charge is 0.326 e. The highest BCUT2D eigenvalue weighted by atomic mass is 32.2. The summed E-state index contributed by atoms with van der Waals surface area (Å²) in [5, 5.41) is 38.2. The average Bonchev–Trinajstić information content (AvgIpc) is 3.17. The van der Waals surface area contributed by atoms with Gasteiger partial charge in [0.25, 0.3) is 0 Å². The van der Waals surface area contributed by atoms with Gasteiger partial charge in [-0.2, -0.15) is 11.8 Å². The number of likely N-dealkylation sites (N-methyl/N-ethyl adjacent to an activating group) is 1. The molecule has 2 rings (SSSR count). The minimum absolute atomic E-state index is 0.0362. The second kappa shape index (κ2) is 25.5. The standard InChI is InChI=1S/C41H55N5O11S/c1-26(2)22-29(37(52)44-30(41(56)57)19-21-58-4)16-11-20-42-39(54)33(24-28-14-9-6-10-15-28)46(3)40(55)32(23-27-12-7-5-8-13-27)45-38(53)31(25-36(50)51)43-34(47)17-18-35(48)49/h5-16,26,29-33H,17-25H2,1-4H3,(H,42,54)(H,43,47)(H,44,52)(H,45,53)(H,48,49)(H,50,51)(H,56,57)/b16-11+/t29?,30-,31-,32-,33-/m0/s1. The fourth-order valence-corrected chi connectivity index (χ4v) is 6.37. The number of nitrogens with zero attached hydrogens (tertiary/aromatic N) is 1. The van der Waals surface area contributed by atoms with Crippen molar-refractivity contribution in [2.24, 2.45) is 11.8 Å². The van der Waals surface area contributed by atoms with Crippen molar-refractivity contribution < 1.29 is 53.7 Å². The summed E-state index contributed by atoms with van der Waals surface area (Å²) in [6.45, 7) is 3.82. The molecule has 16 nitrogen and oxygen atoms in total. The molecule has 0 radical (unpaired) electrons. The molecule has 0 aromatic heterocycles. The van der Waals surface area contributed by atoms with Crippen LogP contribution in [0, 0.1) is 11.8 Å². The summed E-state index contributed by atoms with van der Waals surface area (Å²) in [5.41, 5.74) is 1.35. The lowest BCUT2D eigenvalue weighted by Crippen LogP contribution is -2.58. The highest BCUT2D eigenvalue weighted by Crippen LogP contribution is 2.16. The lowest BCUT2D eigenvalue weighted by molar-refractivity contribution is -0.144. The maximum absolute atomic E-state index is 14.3. The lowest BCUT2D eigenvalue weighted by atomic mass is 9.95. The molecule has 5 amide bonds. The largest absolute Gasteiger partial charge is 0.481 e. The van der Waals surface area contributed by atoms with E-state index in [1.807, 2.05) is 20.1 Å². The van der Waals surface area contributed by atoms with Gasteiger partial charge in [0.1, 0.15) is 24.2 Å². The Morgan fingerprint density at radius 2 is 1.31 bits per heavy atom. The predicted octanol–water partition coefficient (Wildman–Crippen LogP) is 2.27. The van der Waals surface area contributed by atoms with Crippen LogP contribution in [0.15, 0.2) is 72.8 Å². The van der Waals surface area contributed by atoms with E-state index in [1.165, 1.54) is 23.7 Å². The van der Waals surface area contributed by atoms with Crippen LogP contribution in [0.1, 0.15) is 57.1 Å². The van der Waals surface area contributed by atoms with Crippen molar-refractivity contribution in [2.75, 3.05) is 25.6 Å². The van der Waals surface area contributed by atoms with Crippen molar-refractivity contribution in [3.05, 3.63) is 83.9 Å². The van der Waals surface area contributed by atoms with Gasteiger partial charge in [-0.15, -0.1) is 0 Å². The summed E-state index contributed by atoms with van der Waals surface area (Å²) in [6.07, 6.45) is 3.83. The number of carboxylic acid groups (broad SMARTS) is 3. The number of carboxylic acids is 3. The van der Waals surface area contributed by atoms with Crippen LogP contribution in [0.3, 0.4) is 0 Å². The van der Waals surface area contributed by atoms with Crippen LogP contribution in [0.2, 0.25) is 0 Å². The second-order valence-electron chi connectivity index (χ2n) is 14.1. The van der Waals surface area contributed by atoms with Gasteiger partial charge in [-0.05, 0) is 41.9 Å². The average molecular weight is 826 g/mol. The van der Waals surface area contributed by atoms with Crippen LogP contribution >= 0.6 is 11.8 Å². The zero-order valence-corrected chi connectivity index (χ0v) is 34.0. The summed E-state index contributed by atoms with van der Waals surface area (Å²) >= 11 is 1.47. The Labute approximate surface area is 342 Å². The van der Waals surface area contributed by atoms with E-state index < -0.39 is 96.8 Å². The third-order valence-electron chi connectivity index (χ3n) is 8.93. The highest BCUT2D eigenvalue weighted by molar-refractivity contribution is 7.98. The van der Waals surface area contributed by atoms with E-state index in [2.05, 4.69) is 21.3 Å². The van der Waals surface area contributed by atoms with E-state index in [0.29, 0.717) is 17.7 Å². The molecule has 316 valence electrons. The van der Waals surface area contributed by atoms with Crippen molar-refractivity contribution in [1.82, 2.24) is 26.2 Å². The molecule has 7 N–H and O–H groups in total. The molecule has 0 aliphatic rings. The number of nitrogens with one attached hydrogen (secondary N) is 4. The SMILES string of the molecule is CSCC[C@H](NC(=O)C(/C=C/CNC(=O)[C@H](Cc1ccccc1)N(C)C(=O)[C@H](Cc1ccccc1)NC(=O)[C@H](CC(=O)O)NC(=O)CCC(=O)O)CC(C)C)C(=O)O. The van der Waals surface area contributed by atoms with Crippen molar-refractivity contribution in [3.8, 4) is 0 Å². The molecular formula is C41H55N5O11S. The molecule has 58 heavy (non-hydrogen) atoms. The molecule has 1 unspecified atom stereocenters. The number of thioether (sulfide) groups is 1. The van der Waals surface area contributed by atoms with Crippen LogP contribution in [-0.2, 0) is 51.2 Å². The van der Waals surface area contributed by atoms with Gasteiger partial charge in [0.15, 0.2) is 0 Å². The van der Waals surface area contributed by atoms with Gasteiger partial charge in [-0.1, -0.05) is 86.7 Å². The number of hydrogen-bond acceptors (Lipinski definition) is 9. The molecule has 0 aliphatic heterocycles. The molecule has 0 saturated heterocycles. The summed E-state index contributed by atoms with van der Waals surface area (Å²) in [6, 6.07) is 12.4. The molecule has 0 saturated carbocycles. The highest BCUT2D eigenvalue weighted by Gasteiger charge is 2.34. The predicted molar refractivity (Wildman–Crippen MR) is 217 cm³/mol. The van der Waals surface area contributed by atoms with E-state index in [4.69, 9.17) is 5.11 Å². The number of benzene rings is 2. The first-order valence-electron chi connectivity index (χ1n) is 18.9. The second-order valence-corrected chi connectivity index (χ2v) is 15.1. The van der Waals surface area contributed by atoms with Crippen molar-refractivity contribution in [1.29, 1.82) is 0 Å². The Hall–Kier alpha value is -5.71. The van der Waals surface area contributed by atoms with Crippen LogP contribution in [0.4, 0.5) is 0 Å². The number of carbonyl (C=O) groups is 8. The van der Waals surface area contributed by atoms with E-state index >= 15 is 0 Å². The Kier molecular flexibility index (Phi) is 21.3. The fourth-order valence-electron chi connectivity index (χ4n) is 5.90. The lowest BCUT2D eigenvalue weighted by Gasteiger charge is -2.32. The van der Waals surface area contributed by atoms with Crippen molar-refractivity contribution in [2.45, 2.75) is 83.0 Å². The first-order chi connectivity index (χ1) is 27.5. The zero-order valence-electron chi connectivity index (χ0n) is 33.2. The summed E-state index contributed by atoms with van der Waals surface area (Å²) in [7, 11) is 1.40. The molecule has 2 aromatic carbocycles. The molecule has 0 heterocycles. The summed E-state index contributed by atoms with van der Waals surface area (Å²) in [5.74, 6) is -7.42. The van der Waals surface area contributed by atoms with Crippen LogP contribution in [0.5, 0.6) is 0 Å². The van der Waals surface area contributed by atoms with Gasteiger partial charge in [-0.25, -0.2) is 4.79 Å². The van der Waals surface area contributed by atoms with Gasteiger partial charge in [0.2, 0.25) is 29.5 Å². The maximum atomic E-state index is 14.3. The van der Waals surface area contributed by atoms with E-state index in [0.717, 1.165) is 5.56 Å². The Morgan fingerprint density at radius 3 is 1.84 bits per heavy atom. The minimum atomic E-state index is -1.64. The number of rotatable bonds is 26. The molecule has 2 aromatic rings. The van der Waals surface area contributed by atoms with Crippen LogP contribution in [0.25, 0.3) is 0 Å².